The lowest BCUT2D eigenvalue weighted by Crippen LogP contribution is -2.12. The van der Waals surface area contributed by atoms with Crippen LogP contribution in [0.1, 0.15) is 15.9 Å². The van der Waals surface area contributed by atoms with E-state index in [0.29, 0.717) is 11.3 Å². The number of halogens is 1. The number of rotatable bonds is 4. The number of aliphatic hydroxyl groups is 1. The summed E-state index contributed by atoms with van der Waals surface area (Å²) in [5, 5.41) is 22.0. The third kappa shape index (κ3) is 3.61. The molecular weight excluding hydrogens is 279 g/mol. The van der Waals surface area contributed by atoms with Gasteiger partial charge in [0, 0.05) is 17.3 Å². The molecule has 2 rings (SSSR count). The first-order chi connectivity index (χ1) is 9.99. The quantitative estimate of drug-likeness (QED) is 0.668. The van der Waals surface area contributed by atoms with Crippen molar-refractivity contribution in [1.82, 2.24) is 0 Å². The molecule has 0 aliphatic heterocycles. The lowest BCUT2D eigenvalue weighted by molar-refractivity contribution is -0.385. The maximum atomic E-state index is 13.3. The Bertz CT molecular complexity index is 686. The van der Waals surface area contributed by atoms with E-state index in [1.807, 2.05) is 0 Å². The molecule has 2 aromatic rings. The number of nitro groups is 1. The van der Waals surface area contributed by atoms with Crippen LogP contribution in [0.3, 0.4) is 0 Å². The van der Waals surface area contributed by atoms with Crippen LogP contribution in [0.5, 0.6) is 0 Å². The summed E-state index contributed by atoms with van der Waals surface area (Å²) in [7, 11) is 0. The molecule has 0 aliphatic rings. The average molecular weight is 290 g/mol. The number of hydrogen-bond donors (Lipinski definition) is 2. The Kier molecular flexibility index (Phi) is 4.24. The first kappa shape index (κ1) is 14.6. The van der Waals surface area contributed by atoms with E-state index in [2.05, 4.69) is 5.32 Å². The fraction of sp³-hybridized carbons (Fsp3) is 0.0714. The number of aliphatic hydroxyl groups excluding tert-OH is 1. The molecule has 0 unspecified atom stereocenters. The molecule has 108 valence electrons. The molecule has 0 heterocycles. The van der Waals surface area contributed by atoms with Gasteiger partial charge in [-0.3, -0.25) is 14.9 Å². The maximum Gasteiger partial charge on any atom is 0.273 e. The van der Waals surface area contributed by atoms with Gasteiger partial charge in [0.05, 0.1) is 17.6 Å². The Morgan fingerprint density at radius 2 is 1.90 bits per heavy atom. The van der Waals surface area contributed by atoms with Crippen molar-refractivity contribution in [3.8, 4) is 0 Å². The number of non-ortho nitro benzene ring substituents is 1. The second-order valence-electron chi connectivity index (χ2n) is 4.26. The Labute approximate surface area is 119 Å². The van der Waals surface area contributed by atoms with E-state index in [0.717, 1.165) is 18.2 Å². The van der Waals surface area contributed by atoms with Crippen molar-refractivity contribution in [2.24, 2.45) is 0 Å². The van der Waals surface area contributed by atoms with Crippen LogP contribution in [-0.4, -0.2) is 15.9 Å². The highest BCUT2D eigenvalue weighted by Gasteiger charge is 2.14. The van der Waals surface area contributed by atoms with Crippen molar-refractivity contribution in [3.05, 3.63) is 69.5 Å². The molecule has 6 nitrogen and oxygen atoms in total. The van der Waals surface area contributed by atoms with Crippen LogP contribution < -0.4 is 5.32 Å². The average Bonchev–Trinajstić information content (AvgIpc) is 2.47. The minimum absolute atomic E-state index is 0.121. The zero-order valence-corrected chi connectivity index (χ0v) is 10.7. The molecule has 0 aliphatic carbocycles. The molecule has 0 saturated carbocycles. The molecule has 2 N–H and O–H groups in total. The van der Waals surface area contributed by atoms with Crippen molar-refractivity contribution in [2.45, 2.75) is 6.61 Å². The predicted molar refractivity (Wildman–Crippen MR) is 73.4 cm³/mol. The van der Waals surface area contributed by atoms with E-state index in [-0.39, 0.29) is 12.2 Å². The molecule has 0 atom stereocenters. The second kappa shape index (κ2) is 6.10. The van der Waals surface area contributed by atoms with E-state index < -0.39 is 22.3 Å². The van der Waals surface area contributed by atoms with Gasteiger partial charge in [0.25, 0.3) is 11.6 Å². The van der Waals surface area contributed by atoms with E-state index in [1.54, 1.807) is 24.3 Å². The fourth-order valence-electron chi connectivity index (χ4n) is 1.71. The molecule has 0 fully saturated rings. The molecular formula is C14H11FN2O4. The van der Waals surface area contributed by atoms with E-state index >= 15 is 0 Å². The molecule has 0 saturated heterocycles. The number of hydrogen-bond acceptors (Lipinski definition) is 4. The van der Waals surface area contributed by atoms with Gasteiger partial charge in [0.2, 0.25) is 0 Å². The third-order valence-corrected chi connectivity index (χ3v) is 2.75. The lowest BCUT2D eigenvalue weighted by atomic mass is 10.1. The van der Waals surface area contributed by atoms with Gasteiger partial charge in [0.15, 0.2) is 0 Å². The summed E-state index contributed by atoms with van der Waals surface area (Å²) < 4.78 is 13.3. The van der Waals surface area contributed by atoms with Crippen LogP contribution in [0.15, 0.2) is 42.5 Å². The monoisotopic (exact) mass is 290 g/mol. The summed E-state index contributed by atoms with van der Waals surface area (Å²) in [6.45, 7) is -0.121. The van der Waals surface area contributed by atoms with Gasteiger partial charge in [-0.25, -0.2) is 4.39 Å². The van der Waals surface area contributed by atoms with Crippen LogP contribution >= 0.6 is 0 Å². The summed E-state index contributed by atoms with van der Waals surface area (Å²) >= 11 is 0. The van der Waals surface area contributed by atoms with Crippen LogP contribution in [0.4, 0.5) is 15.8 Å². The summed E-state index contributed by atoms with van der Waals surface area (Å²) in [5.41, 5.74) is 0.474. The van der Waals surface area contributed by atoms with Crippen molar-refractivity contribution in [1.29, 1.82) is 0 Å². The number of nitrogens with one attached hydrogen (secondary N) is 1. The number of anilines is 1. The Hall–Kier alpha value is -2.80. The summed E-state index contributed by atoms with van der Waals surface area (Å²) in [6.07, 6.45) is 0. The van der Waals surface area contributed by atoms with Gasteiger partial charge in [-0.2, -0.15) is 0 Å². The fourth-order valence-corrected chi connectivity index (χ4v) is 1.71. The number of amides is 1. The van der Waals surface area contributed by atoms with Gasteiger partial charge < -0.3 is 10.4 Å². The smallest absolute Gasteiger partial charge is 0.273 e. The predicted octanol–water partition coefficient (Wildman–Crippen LogP) is 2.48. The van der Waals surface area contributed by atoms with Gasteiger partial charge in [-0.1, -0.05) is 12.1 Å². The van der Waals surface area contributed by atoms with Crippen molar-refractivity contribution in [2.75, 3.05) is 5.32 Å². The van der Waals surface area contributed by atoms with Gasteiger partial charge in [-0.15, -0.1) is 0 Å². The molecule has 2 aromatic carbocycles. The normalized spacial score (nSPS) is 10.2. The van der Waals surface area contributed by atoms with Gasteiger partial charge in [-0.05, 0) is 23.8 Å². The molecule has 21 heavy (non-hydrogen) atoms. The van der Waals surface area contributed by atoms with Crippen LogP contribution in [-0.2, 0) is 6.61 Å². The Balaban J connectivity index is 2.21. The summed E-state index contributed by atoms with van der Waals surface area (Å²) in [6, 6.07) is 9.03. The molecule has 7 heteroatoms. The minimum atomic E-state index is -0.857. The number of carbonyl (C=O) groups is 1. The third-order valence-electron chi connectivity index (χ3n) is 2.75. The zero-order valence-electron chi connectivity index (χ0n) is 10.7. The van der Waals surface area contributed by atoms with Crippen molar-refractivity contribution < 1.29 is 19.2 Å². The number of carbonyl (C=O) groups excluding carboxylic acids is 1. The molecule has 0 radical (unpaired) electrons. The zero-order chi connectivity index (χ0) is 15.4. The Morgan fingerprint density at radius 1 is 1.24 bits per heavy atom. The largest absolute Gasteiger partial charge is 0.392 e. The highest BCUT2D eigenvalue weighted by atomic mass is 19.1. The van der Waals surface area contributed by atoms with E-state index in [1.165, 1.54) is 0 Å². The standard InChI is InChI=1S/C14H11FN2O4/c15-11-5-10(6-13(7-11)17(20)21)14(19)16-12-3-1-9(8-18)2-4-12/h1-7,18H,8H2,(H,16,19). The van der Waals surface area contributed by atoms with E-state index in [4.69, 9.17) is 5.11 Å². The topological polar surface area (TPSA) is 92.5 Å². The van der Waals surface area contributed by atoms with Crippen LogP contribution in [0.25, 0.3) is 0 Å². The maximum absolute atomic E-state index is 13.3. The number of benzene rings is 2. The van der Waals surface area contributed by atoms with Crippen LogP contribution in [0, 0.1) is 15.9 Å². The first-order valence-corrected chi connectivity index (χ1v) is 5.96. The number of nitro benzene ring substituents is 1. The van der Waals surface area contributed by atoms with E-state index in [9.17, 15) is 19.3 Å². The highest BCUT2D eigenvalue weighted by molar-refractivity contribution is 6.04. The van der Waals surface area contributed by atoms with Gasteiger partial charge in [0.1, 0.15) is 5.82 Å². The molecule has 0 aromatic heterocycles. The van der Waals surface area contributed by atoms with Crippen LogP contribution in [0.2, 0.25) is 0 Å². The highest BCUT2D eigenvalue weighted by Crippen LogP contribution is 2.18. The van der Waals surface area contributed by atoms with Crippen molar-refractivity contribution in [3.63, 3.8) is 0 Å². The lowest BCUT2D eigenvalue weighted by Gasteiger charge is -2.06. The SMILES string of the molecule is O=C(Nc1ccc(CO)cc1)c1cc(F)cc([N+](=O)[O-])c1. The summed E-state index contributed by atoms with van der Waals surface area (Å²) in [5.74, 6) is -1.51. The summed E-state index contributed by atoms with van der Waals surface area (Å²) in [4.78, 5) is 21.8. The van der Waals surface area contributed by atoms with Crippen molar-refractivity contribution >= 4 is 17.3 Å². The second-order valence-corrected chi connectivity index (χ2v) is 4.26. The van der Waals surface area contributed by atoms with Gasteiger partial charge >= 0.3 is 0 Å². The first-order valence-electron chi connectivity index (χ1n) is 5.96. The minimum Gasteiger partial charge on any atom is -0.392 e. The molecule has 0 spiro atoms. The number of nitrogens with zero attached hydrogens (tertiary/aromatic N) is 1. The molecule has 0 bridgehead atoms. The Morgan fingerprint density at radius 3 is 2.48 bits per heavy atom. The molecule has 1 amide bonds.